The largest absolute Gasteiger partial charge is 0.424 e. The highest BCUT2D eigenvalue weighted by atomic mass is 19.4. The number of hydrogen-bond acceptors (Lipinski definition) is 4. The second-order valence-corrected chi connectivity index (χ2v) is 5.53. The van der Waals surface area contributed by atoms with Crippen molar-refractivity contribution in [1.82, 2.24) is 15.5 Å². The molecule has 0 saturated heterocycles. The van der Waals surface area contributed by atoms with Crippen LogP contribution in [0.5, 0.6) is 0 Å². The molecule has 0 radical (unpaired) electrons. The van der Waals surface area contributed by atoms with Crippen molar-refractivity contribution in [2.75, 3.05) is 0 Å². The van der Waals surface area contributed by atoms with Gasteiger partial charge in [-0.15, -0.1) is 10.2 Å². The van der Waals surface area contributed by atoms with Crippen molar-refractivity contribution in [3.8, 4) is 0 Å². The van der Waals surface area contributed by atoms with Gasteiger partial charge in [-0.1, -0.05) is 12.1 Å². The van der Waals surface area contributed by atoms with Gasteiger partial charge in [0.2, 0.25) is 11.8 Å². The van der Waals surface area contributed by atoms with Gasteiger partial charge in [-0.05, 0) is 36.5 Å². The van der Waals surface area contributed by atoms with Crippen molar-refractivity contribution >= 4 is 0 Å². The molecule has 1 unspecified atom stereocenters. The number of nitrogens with zero attached hydrogens (tertiary/aromatic N) is 2. The summed E-state index contributed by atoms with van der Waals surface area (Å²) in [6, 6.07) is 5.36. The van der Waals surface area contributed by atoms with Gasteiger partial charge in [0.05, 0.1) is 12.1 Å². The molecule has 0 amide bonds. The molecule has 1 aromatic heterocycles. The summed E-state index contributed by atoms with van der Waals surface area (Å²) in [7, 11) is 0. The molecule has 7 heteroatoms. The zero-order valence-corrected chi connectivity index (χ0v) is 12.0. The smallest absolute Gasteiger partial charge is 0.416 e. The monoisotopic (exact) mass is 311 g/mol. The van der Waals surface area contributed by atoms with E-state index in [4.69, 9.17) is 4.42 Å². The maximum absolute atomic E-state index is 12.8. The van der Waals surface area contributed by atoms with Gasteiger partial charge in [0.25, 0.3) is 0 Å². The van der Waals surface area contributed by atoms with Gasteiger partial charge >= 0.3 is 6.18 Å². The summed E-state index contributed by atoms with van der Waals surface area (Å²) in [6.07, 6.45) is -2.30. The maximum atomic E-state index is 12.8. The molecular formula is C15H16F3N3O. The first-order valence-corrected chi connectivity index (χ1v) is 7.13. The number of aromatic nitrogens is 2. The van der Waals surface area contributed by atoms with Crippen LogP contribution >= 0.6 is 0 Å². The quantitative estimate of drug-likeness (QED) is 0.916. The minimum Gasteiger partial charge on any atom is -0.424 e. The van der Waals surface area contributed by atoms with Crippen LogP contribution in [0.15, 0.2) is 28.7 Å². The Morgan fingerprint density at radius 2 is 2.09 bits per heavy atom. The van der Waals surface area contributed by atoms with Gasteiger partial charge in [0.1, 0.15) is 0 Å². The Balaban J connectivity index is 1.76. The Labute approximate surface area is 125 Å². The average Bonchev–Trinajstić information content (AvgIpc) is 3.21. The van der Waals surface area contributed by atoms with Crippen LogP contribution in [0.3, 0.4) is 0 Å². The molecule has 1 aliphatic rings. The highest BCUT2D eigenvalue weighted by molar-refractivity contribution is 5.29. The number of hydrogen-bond donors (Lipinski definition) is 1. The fourth-order valence-electron chi connectivity index (χ4n) is 2.50. The molecule has 118 valence electrons. The standard InChI is InChI=1S/C15H16F3N3O/c1-9-20-21-13(22-9)8-19-14(10-5-6-10)11-3-2-4-12(7-11)15(16,17)18/h2-4,7,10,14,19H,5-6,8H2,1H3. The first kappa shape index (κ1) is 15.0. The first-order valence-electron chi connectivity index (χ1n) is 7.13. The third-order valence-electron chi connectivity index (χ3n) is 3.71. The van der Waals surface area contributed by atoms with Gasteiger partial charge in [0.15, 0.2) is 0 Å². The SMILES string of the molecule is Cc1nnc(CNC(c2cccc(C(F)(F)F)c2)C2CC2)o1. The van der Waals surface area contributed by atoms with Crippen molar-refractivity contribution in [3.63, 3.8) is 0 Å². The number of aryl methyl sites for hydroxylation is 1. The summed E-state index contributed by atoms with van der Waals surface area (Å²) in [5, 5.41) is 10.9. The lowest BCUT2D eigenvalue weighted by molar-refractivity contribution is -0.137. The predicted octanol–water partition coefficient (Wildman–Crippen LogP) is 3.64. The van der Waals surface area contributed by atoms with Crippen molar-refractivity contribution < 1.29 is 17.6 Å². The molecule has 0 spiro atoms. The van der Waals surface area contributed by atoms with Gasteiger partial charge in [0, 0.05) is 13.0 Å². The van der Waals surface area contributed by atoms with E-state index in [0.29, 0.717) is 29.8 Å². The fourth-order valence-corrected chi connectivity index (χ4v) is 2.50. The summed E-state index contributed by atoms with van der Waals surface area (Å²) in [5.41, 5.74) is 0.0275. The Hall–Kier alpha value is -1.89. The van der Waals surface area contributed by atoms with Crippen LogP contribution in [0.25, 0.3) is 0 Å². The van der Waals surface area contributed by atoms with Crippen LogP contribution in [0.2, 0.25) is 0 Å². The van der Waals surface area contributed by atoms with Crippen molar-refractivity contribution in [1.29, 1.82) is 0 Å². The van der Waals surface area contributed by atoms with E-state index in [1.54, 1.807) is 13.0 Å². The van der Waals surface area contributed by atoms with Crippen LogP contribution in [-0.2, 0) is 12.7 Å². The Morgan fingerprint density at radius 1 is 1.32 bits per heavy atom. The van der Waals surface area contributed by atoms with E-state index >= 15 is 0 Å². The Morgan fingerprint density at radius 3 is 2.68 bits per heavy atom. The van der Waals surface area contributed by atoms with E-state index in [9.17, 15) is 13.2 Å². The lowest BCUT2D eigenvalue weighted by Gasteiger charge is -2.19. The molecule has 3 rings (SSSR count). The molecule has 1 aromatic carbocycles. The average molecular weight is 311 g/mol. The topological polar surface area (TPSA) is 51.0 Å². The highest BCUT2D eigenvalue weighted by Crippen LogP contribution is 2.42. The van der Waals surface area contributed by atoms with E-state index in [1.165, 1.54) is 12.1 Å². The zero-order valence-electron chi connectivity index (χ0n) is 12.0. The molecule has 1 aliphatic carbocycles. The molecule has 22 heavy (non-hydrogen) atoms. The molecule has 4 nitrogen and oxygen atoms in total. The molecule has 2 aromatic rings. The second-order valence-electron chi connectivity index (χ2n) is 5.53. The van der Waals surface area contributed by atoms with Gasteiger partial charge in [-0.25, -0.2) is 0 Å². The third kappa shape index (κ3) is 3.47. The molecule has 1 saturated carbocycles. The summed E-state index contributed by atoms with van der Waals surface area (Å²) in [4.78, 5) is 0. The lowest BCUT2D eigenvalue weighted by atomic mass is 10.00. The normalized spacial score (nSPS) is 16.7. The molecule has 1 atom stereocenters. The van der Waals surface area contributed by atoms with E-state index < -0.39 is 11.7 Å². The van der Waals surface area contributed by atoms with E-state index in [2.05, 4.69) is 15.5 Å². The van der Waals surface area contributed by atoms with Crippen LogP contribution in [0, 0.1) is 12.8 Å². The molecule has 1 N–H and O–H groups in total. The Kier molecular flexibility index (Phi) is 3.90. The van der Waals surface area contributed by atoms with E-state index in [0.717, 1.165) is 18.9 Å². The van der Waals surface area contributed by atoms with E-state index in [1.807, 2.05) is 0 Å². The van der Waals surface area contributed by atoms with Crippen LogP contribution < -0.4 is 5.32 Å². The van der Waals surface area contributed by atoms with Crippen LogP contribution in [0.4, 0.5) is 13.2 Å². The third-order valence-corrected chi connectivity index (χ3v) is 3.71. The number of rotatable bonds is 5. The molecule has 1 heterocycles. The minimum absolute atomic E-state index is 0.130. The van der Waals surface area contributed by atoms with Gasteiger partial charge < -0.3 is 9.73 Å². The van der Waals surface area contributed by atoms with Crippen molar-refractivity contribution in [3.05, 3.63) is 47.2 Å². The fraction of sp³-hybridized carbons (Fsp3) is 0.467. The van der Waals surface area contributed by atoms with Gasteiger partial charge in [-0.2, -0.15) is 13.2 Å². The molecular weight excluding hydrogens is 295 g/mol. The minimum atomic E-state index is -4.33. The van der Waals surface area contributed by atoms with Crippen LogP contribution in [-0.4, -0.2) is 10.2 Å². The maximum Gasteiger partial charge on any atom is 0.416 e. The first-order chi connectivity index (χ1) is 10.4. The zero-order chi connectivity index (χ0) is 15.7. The van der Waals surface area contributed by atoms with Crippen molar-refractivity contribution in [2.24, 2.45) is 5.92 Å². The summed E-state index contributed by atoms with van der Waals surface area (Å²) in [5.74, 6) is 1.27. The Bertz CT molecular complexity index is 649. The van der Waals surface area contributed by atoms with Crippen molar-refractivity contribution in [2.45, 2.75) is 38.5 Å². The van der Waals surface area contributed by atoms with Crippen LogP contribution in [0.1, 0.15) is 41.8 Å². The summed E-state index contributed by atoms with van der Waals surface area (Å²) in [6.45, 7) is 2.04. The number of alkyl halides is 3. The summed E-state index contributed by atoms with van der Waals surface area (Å²) < 4.78 is 43.8. The number of benzene rings is 1. The predicted molar refractivity (Wildman–Crippen MR) is 72.8 cm³/mol. The number of nitrogens with one attached hydrogen (secondary N) is 1. The molecule has 0 aliphatic heterocycles. The van der Waals surface area contributed by atoms with Gasteiger partial charge in [-0.3, -0.25) is 0 Å². The molecule has 1 fully saturated rings. The lowest BCUT2D eigenvalue weighted by Crippen LogP contribution is -2.23. The molecule has 0 bridgehead atoms. The number of halogens is 3. The summed E-state index contributed by atoms with van der Waals surface area (Å²) >= 11 is 0. The second kappa shape index (κ2) is 5.72. The van der Waals surface area contributed by atoms with E-state index in [-0.39, 0.29) is 6.04 Å². The highest BCUT2D eigenvalue weighted by Gasteiger charge is 2.35.